The monoisotopic (exact) mass is 478 g/mol. The summed E-state index contributed by atoms with van der Waals surface area (Å²) >= 11 is 0. The highest BCUT2D eigenvalue weighted by molar-refractivity contribution is 7.91. The van der Waals surface area contributed by atoms with Gasteiger partial charge in [-0.05, 0) is 30.3 Å². The third-order valence-electron chi connectivity index (χ3n) is 5.29. The second-order valence-electron chi connectivity index (χ2n) is 7.96. The van der Waals surface area contributed by atoms with Gasteiger partial charge in [0.2, 0.25) is 0 Å². The van der Waals surface area contributed by atoms with Crippen molar-refractivity contribution in [3.8, 4) is 28.3 Å². The molecule has 0 radical (unpaired) electrons. The number of nitrogens with zero attached hydrogens (tertiary/aromatic N) is 3. The fraction of sp³-hybridized carbons (Fsp3) is 0.240. The average molecular weight is 479 g/mol. The van der Waals surface area contributed by atoms with Crippen molar-refractivity contribution in [1.29, 1.82) is 0 Å². The maximum absolute atomic E-state index is 12.3. The Bertz CT molecular complexity index is 1410. The Balaban J connectivity index is 1.62. The second-order valence-corrected chi connectivity index (χ2v) is 10.2. The summed E-state index contributed by atoms with van der Waals surface area (Å²) < 4.78 is 35.8. The summed E-state index contributed by atoms with van der Waals surface area (Å²) in [6, 6.07) is 14.5. The lowest BCUT2D eigenvalue weighted by Gasteiger charge is -2.11. The van der Waals surface area contributed by atoms with Gasteiger partial charge in [-0.1, -0.05) is 39.0 Å². The fourth-order valence-electron chi connectivity index (χ4n) is 3.37. The van der Waals surface area contributed by atoms with Crippen LogP contribution >= 0.6 is 0 Å². The van der Waals surface area contributed by atoms with Gasteiger partial charge in [-0.15, -0.1) is 0 Å². The van der Waals surface area contributed by atoms with Gasteiger partial charge in [0, 0.05) is 23.2 Å². The predicted octanol–water partition coefficient (Wildman–Crippen LogP) is 5.47. The Hall–Kier alpha value is -3.72. The van der Waals surface area contributed by atoms with Crippen molar-refractivity contribution in [2.24, 2.45) is 0 Å². The molecule has 2 aromatic heterocycles. The van der Waals surface area contributed by atoms with Gasteiger partial charge in [0.1, 0.15) is 11.6 Å². The van der Waals surface area contributed by atoms with Gasteiger partial charge in [-0.25, -0.2) is 23.4 Å². The lowest BCUT2D eigenvalue weighted by molar-refractivity contribution is 0.416. The molecule has 9 heteroatoms. The number of hydrogen-bond acceptors (Lipinski definition) is 8. The Morgan fingerprint density at radius 3 is 2.59 bits per heavy atom. The maximum Gasteiger partial charge on any atom is 0.299 e. The van der Waals surface area contributed by atoms with Crippen LogP contribution in [0.3, 0.4) is 0 Å². The zero-order valence-electron chi connectivity index (χ0n) is 19.4. The molecule has 2 heterocycles. The van der Waals surface area contributed by atoms with Crippen LogP contribution in [0.15, 0.2) is 70.2 Å². The van der Waals surface area contributed by atoms with E-state index in [9.17, 15) is 8.42 Å². The number of oxazole rings is 1. The molecule has 1 N–H and O–H groups in total. The van der Waals surface area contributed by atoms with Crippen molar-refractivity contribution in [2.75, 3.05) is 18.2 Å². The van der Waals surface area contributed by atoms with Crippen LogP contribution in [0.5, 0.6) is 5.75 Å². The molecule has 0 aliphatic rings. The molecule has 8 nitrogen and oxygen atoms in total. The van der Waals surface area contributed by atoms with Crippen LogP contribution in [0.25, 0.3) is 22.6 Å². The van der Waals surface area contributed by atoms with E-state index in [1.165, 1.54) is 19.2 Å². The summed E-state index contributed by atoms with van der Waals surface area (Å²) in [6.45, 7) is 5.72. The van der Waals surface area contributed by atoms with E-state index in [4.69, 9.17) is 9.15 Å². The summed E-state index contributed by atoms with van der Waals surface area (Å²) in [6.07, 6.45) is 3.38. The van der Waals surface area contributed by atoms with Crippen molar-refractivity contribution < 1.29 is 17.6 Å². The van der Waals surface area contributed by atoms with Crippen LogP contribution in [0.2, 0.25) is 0 Å². The van der Waals surface area contributed by atoms with E-state index < -0.39 is 9.84 Å². The predicted molar refractivity (Wildman–Crippen MR) is 131 cm³/mol. The van der Waals surface area contributed by atoms with Crippen molar-refractivity contribution in [2.45, 2.75) is 31.6 Å². The average Bonchev–Trinajstić information content (AvgIpc) is 3.32. The third kappa shape index (κ3) is 4.94. The van der Waals surface area contributed by atoms with Crippen LogP contribution in [-0.4, -0.2) is 36.2 Å². The topological polar surface area (TPSA) is 107 Å². The molecule has 176 valence electrons. The van der Waals surface area contributed by atoms with Gasteiger partial charge in [-0.2, -0.15) is 0 Å². The molecule has 0 unspecified atom stereocenters. The number of hydrogen-bond donors (Lipinski definition) is 1. The maximum atomic E-state index is 12.3. The van der Waals surface area contributed by atoms with Crippen LogP contribution in [0.4, 0.5) is 11.7 Å². The van der Waals surface area contributed by atoms with E-state index in [1.54, 1.807) is 25.4 Å². The minimum absolute atomic E-state index is 0.00323. The zero-order valence-corrected chi connectivity index (χ0v) is 20.3. The Kier molecular flexibility index (Phi) is 6.65. The van der Waals surface area contributed by atoms with Gasteiger partial charge < -0.3 is 14.5 Å². The highest BCUT2D eigenvalue weighted by Crippen LogP contribution is 2.33. The second kappa shape index (κ2) is 9.64. The third-order valence-corrected chi connectivity index (χ3v) is 7.02. The molecule has 0 aliphatic carbocycles. The summed E-state index contributed by atoms with van der Waals surface area (Å²) in [4.78, 5) is 13.5. The lowest BCUT2D eigenvalue weighted by Crippen LogP contribution is -2.05. The molecule has 4 aromatic rings. The number of nitrogens with one attached hydrogen (secondary N) is 1. The molecule has 0 spiro atoms. The number of benzene rings is 2. The standard InChI is InChI=1S/C25H26N4O4S/c1-5-34(30,31)19-9-10-22(32-4)21(14-19)29-25-27-15-23(33-25)18-8-6-7-17(13-18)20-11-12-26-24(28-20)16(2)3/h6-16H,5H2,1-4H3,(H,27,29). The molecule has 0 saturated carbocycles. The largest absolute Gasteiger partial charge is 0.495 e. The van der Waals surface area contributed by atoms with Crippen molar-refractivity contribution >= 4 is 21.5 Å². The number of rotatable bonds is 8. The number of anilines is 2. The van der Waals surface area contributed by atoms with E-state index in [1.807, 2.05) is 30.3 Å². The van der Waals surface area contributed by atoms with Crippen LogP contribution in [0, 0.1) is 0 Å². The first kappa shape index (κ1) is 23.4. The van der Waals surface area contributed by atoms with E-state index in [-0.39, 0.29) is 22.6 Å². The molecule has 4 rings (SSSR count). The highest BCUT2D eigenvalue weighted by atomic mass is 32.2. The number of aromatic nitrogens is 3. The van der Waals surface area contributed by atoms with Crippen LogP contribution in [0.1, 0.15) is 32.5 Å². The van der Waals surface area contributed by atoms with Crippen LogP contribution < -0.4 is 10.1 Å². The quantitative estimate of drug-likeness (QED) is 0.355. The first-order chi connectivity index (χ1) is 16.3. The molecule has 34 heavy (non-hydrogen) atoms. The molecule has 2 aromatic carbocycles. The molecule has 0 amide bonds. The van der Waals surface area contributed by atoms with Gasteiger partial charge in [0.05, 0.1) is 35.3 Å². The van der Waals surface area contributed by atoms with Gasteiger partial charge in [0.15, 0.2) is 15.6 Å². The molecule has 0 saturated heterocycles. The number of ether oxygens (including phenoxy) is 1. The molecule has 0 atom stereocenters. The van der Waals surface area contributed by atoms with Crippen molar-refractivity contribution in [1.82, 2.24) is 15.0 Å². The lowest BCUT2D eigenvalue weighted by atomic mass is 10.1. The summed E-state index contributed by atoms with van der Waals surface area (Å²) in [5.74, 6) is 2.05. The Morgan fingerprint density at radius 2 is 1.85 bits per heavy atom. The fourth-order valence-corrected chi connectivity index (χ4v) is 4.28. The first-order valence-corrected chi connectivity index (χ1v) is 12.5. The molecule has 0 aliphatic heterocycles. The van der Waals surface area contributed by atoms with E-state index in [0.717, 1.165) is 22.6 Å². The summed E-state index contributed by atoms with van der Waals surface area (Å²) in [5, 5.41) is 3.03. The van der Waals surface area contributed by atoms with E-state index in [0.29, 0.717) is 17.2 Å². The van der Waals surface area contributed by atoms with Crippen molar-refractivity contribution in [3.63, 3.8) is 0 Å². The highest BCUT2D eigenvalue weighted by Gasteiger charge is 2.16. The van der Waals surface area contributed by atoms with Crippen LogP contribution in [-0.2, 0) is 9.84 Å². The smallest absolute Gasteiger partial charge is 0.299 e. The normalized spacial score (nSPS) is 11.6. The molecule has 0 fully saturated rings. The van der Waals surface area contributed by atoms with E-state index in [2.05, 4.69) is 34.1 Å². The Labute approximate surface area is 199 Å². The summed E-state index contributed by atoms with van der Waals surface area (Å²) in [5.41, 5.74) is 3.04. The minimum atomic E-state index is -3.37. The Morgan fingerprint density at radius 1 is 1.06 bits per heavy atom. The van der Waals surface area contributed by atoms with Crippen molar-refractivity contribution in [3.05, 3.63) is 66.7 Å². The molecular weight excluding hydrogens is 452 g/mol. The minimum Gasteiger partial charge on any atom is -0.495 e. The van der Waals surface area contributed by atoms with Gasteiger partial charge in [0.25, 0.3) is 6.01 Å². The SMILES string of the molecule is CCS(=O)(=O)c1ccc(OC)c(Nc2ncc(-c3cccc(-c4ccnc(C(C)C)n4)c3)o2)c1. The number of sulfone groups is 1. The first-order valence-electron chi connectivity index (χ1n) is 10.9. The molecular formula is C25H26N4O4S. The summed E-state index contributed by atoms with van der Waals surface area (Å²) in [7, 11) is -1.86. The van der Waals surface area contributed by atoms with Gasteiger partial charge >= 0.3 is 0 Å². The molecule has 0 bridgehead atoms. The van der Waals surface area contributed by atoms with Gasteiger partial charge in [-0.3, -0.25) is 0 Å². The number of methoxy groups -OCH3 is 1. The zero-order chi connectivity index (χ0) is 24.3. The van der Waals surface area contributed by atoms with E-state index >= 15 is 0 Å².